The third kappa shape index (κ3) is 2.62. The lowest BCUT2D eigenvalue weighted by Crippen LogP contribution is -2.26. The van der Waals surface area contributed by atoms with Gasteiger partial charge in [0.25, 0.3) is 5.91 Å². The summed E-state index contributed by atoms with van der Waals surface area (Å²) >= 11 is 8.72. The molecule has 0 atom stereocenters. The number of carbonyl (C=O) groups excluding carboxylic acids is 2. The van der Waals surface area contributed by atoms with Crippen LogP contribution >= 0.6 is 34.7 Å². The van der Waals surface area contributed by atoms with Crippen molar-refractivity contribution in [2.45, 2.75) is 22.1 Å². The number of nitrogens with one attached hydrogen (secondary N) is 2. The highest BCUT2D eigenvalue weighted by Crippen LogP contribution is 2.44. The van der Waals surface area contributed by atoms with Crippen LogP contribution in [0.1, 0.15) is 23.3 Å². The molecule has 0 spiro atoms. The van der Waals surface area contributed by atoms with Crippen LogP contribution in [-0.4, -0.2) is 35.0 Å². The first-order chi connectivity index (χ1) is 8.50. The van der Waals surface area contributed by atoms with Gasteiger partial charge in [0, 0.05) is 7.05 Å². The minimum Gasteiger partial charge on any atom is -0.354 e. The number of aromatic nitrogens is 1. The van der Waals surface area contributed by atoms with Crippen LogP contribution in [0.15, 0.2) is 4.34 Å². The number of carbonyl (C=O) groups is 2. The minimum atomic E-state index is -0.788. The zero-order valence-corrected chi connectivity index (χ0v) is 12.3. The molecule has 8 heteroatoms. The molecule has 0 bridgehead atoms. The smallest absolute Gasteiger partial charge is 0.272 e. The number of halogens is 1. The molecule has 1 saturated carbocycles. The molecule has 1 aliphatic rings. The summed E-state index contributed by atoms with van der Waals surface area (Å²) in [5.41, 5.74) is 0.237. The van der Waals surface area contributed by atoms with Crippen molar-refractivity contribution in [1.82, 2.24) is 10.3 Å². The van der Waals surface area contributed by atoms with Gasteiger partial charge in [-0.3, -0.25) is 9.59 Å². The van der Waals surface area contributed by atoms with Crippen molar-refractivity contribution in [3.05, 3.63) is 5.69 Å². The molecule has 0 radical (unpaired) electrons. The first-order valence-corrected chi connectivity index (χ1v) is 7.69. The van der Waals surface area contributed by atoms with Crippen molar-refractivity contribution in [3.63, 3.8) is 0 Å². The lowest BCUT2D eigenvalue weighted by Gasteiger charge is -2.07. The SMILES string of the molecule is CNC(=O)c1nc(SC)sc1NC(=O)C1(Cl)CC1. The molecule has 0 unspecified atom stereocenters. The van der Waals surface area contributed by atoms with E-state index in [0.29, 0.717) is 17.8 Å². The Labute approximate surface area is 118 Å². The van der Waals surface area contributed by atoms with E-state index < -0.39 is 4.87 Å². The maximum atomic E-state index is 11.9. The third-order valence-corrected chi connectivity index (χ3v) is 5.05. The molecule has 1 aliphatic carbocycles. The number of thioether (sulfide) groups is 1. The number of thiazole rings is 1. The third-order valence-electron chi connectivity index (χ3n) is 2.55. The predicted octanol–water partition coefficient (Wildman–Crippen LogP) is 1.93. The van der Waals surface area contributed by atoms with Crippen molar-refractivity contribution in [2.24, 2.45) is 0 Å². The van der Waals surface area contributed by atoms with Crippen molar-refractivity contribution >= 4 is 51.5 Å². The summed E-state index contributed by atoms with van der Waals surface area (Å²) in [7, 11) is 1.52. The average molecular weight is 306 g/mol. The first kappa shape index (κ1) is 13.6. The number of amides is 2. The van der Waals surface area contributed by atoms with E-state index >= 15 is 0 Å². The second kappa shape index (κ2) is 5.07. The van der Waals surface area contributed by atoms with Crippen molar-refractivity contribution in [2.75, 3.05) is 18.6 Å². The van der Waals surface area contributed by atoms with E-state index in [-0.39, 0.29) is 17.5 Å². The van der Waals surface area contributed by atoms with Crippen LogP contribution in [-0.2, 0) is 4.79 Å². The Morgan fingerprint density at radius 2 is 2.17 bits per heavy atom. The van der Waals surface area contributed by atoms with Gasteiger partial charge >= 0.3 is 0 Å². The molecule has 18 heavy (non-hydrogen) atoms. The van der Waals surface area contributed by atoms with Crippen molar-refractivity contribution in [3.8, 4) is 0 Å². The minimum absolute atomic E-state index is 0.237. The van der Waals surface area contributed by atoms with Crippen LogP contribution in [0.2, 0.25) is 0 Å². The molecule has 1 aromatic heterocycles. The molecule has 2 N–H and O–H groups in total. The van der Waals surface area contributed by atoms with E-state index in [2.05, 4.69) is 15.6 Å². The number of alkyl halides is 1. The maximum Gasteiger partial charge on any atom is 0.272 e. The fourth-order valence-electron chi connectivity index (χ4n) is 1.30. The van der Waals surface area contributed by atoms with Gasteiger partial charge in [-0.2, -0.15) is 0 Å². The van der Waals surface area contributed by atoms with Crippen LogP contribution in [0.25, 0.3) is 0 Å². The molecule has 0 aliphatic heterocycles. The number of hydrogen-bond donors (Lipinski definition) is 2. The monoisotopic (exact) mass is 305 g/mol. The Hall–Kier alpha value is -0.790. The van der Waals surface area contributed by atoms with Crippen LogP contribution in [0.5, 0.6) is 0 Å². The summed E-state index contributed by atoms with van der Waals surface area (Å²) in [6, 6.07) is 0. The molecule has 5 nitrogen and oxygen atoms in total. The Bertz CT molecular complexity index is 499. The van der Waals surface area contributed by atoms with E-state index in [9.17, 15) is 9.59 Å². The van der Waals surface area contributed by atoms with E-state index in [1.807, 2.05) is 6.26 Å². The highest BCUT2D eigenvalue weighted by atomic mass is 35.5. The molecule has 98 valence electrons. The number of nitrogens with zero attached hydrogens (tertiary/aromatic N) is 1. The van der Waals surface area contributed by atoms with Crippen molar-refractivity contribution in [1.29, 1.82) is 0 Å². The predicted molar refractivity (Wildman–Crippen MR) is 73.7 cm³/mol. The molecule has 2 rings (SSSR count). The van der Waals surface area contributed by atoms with Crippen molar-refractivity contribution < 1.29 is 9.59 Å². The summed E-state index contributed by atoms with van der Waals surface area (Å²) in [5.74, 6) is -0.577. The lowest BCUT2D eigenvalue weighted by molar-refractivity contribution is -0.116. The second-order valence-corrected chi connectivity index (χ2v) is 6.64. The van der Waals surface area contributed by atoms with Crippen LogP contribution in [0, 0.1) is 0 Å². The van der Waals surface area contributed by atoms with Crippen LogP contribution < -0.4 is 10.6 Å². The van der Waals surface area contributed by atoms with E-state index in [1.54, 1.807) is 0 Å². The summed E-state index contributed by atoms with van der Waals surface area (Å²) < 4.78 is 0.725. The summed E-state index contributed by atoms with van der Waals surface area (Å²) in [6.07, 6.45) is 3.20. The van der Waals surface area contributed by atoms with Gasteiger partial charge < -0.3 is 10.6 Å². The molecule has 2 amide bonds. The van der Waals surface area contributed by atoms with Gasteiger partial charge in [-0.25, -0.2) is 4.98 Å². The Balaban J connectivity index is 2.22. The normalized spacial score (nSPS) is 16.2. The second-order valence-electron chi connectivity index (χ2n) is 3.86. The summed E-state index contributed by atoms with van der Waals surface area (Å²) in [5, 5.41) is 5.65. The van der Waals surface area contributed by atoms with Gasteiger partial charge in [-0.05, 0) is 19.1 Å². The van der Waals surface area contributed by atoms with E-state index in [1.165, 1.54) is 30.1 Å². The van der Waals surface area contributed by atoms with E-state index in [0.717, 1.165) is 4.34 Å². The van der Waals surface area contributed by atoms with Crippen LogP contribution in [0.4, 0.5) is 5.00 Å². The lowest BCUT2D eigenvalue weighted by atomic mass is 10.3. The highest BCUT2D eigenvalue weighted by molar-refractivity contribution is 8.00. The molecule has 1 fully saturated rings. The Morgan fingerprint density at radius 3 is 2.67 bits per heavy atom. The number of rotatable bonds is 4. The maximum absolute atomic E-state index is 11.9. The highest BCUT2D eigenvalue weighted by Gasteiger charge is 2.48. The largest absolute Gasteiger partial charge is 0.354 e. The van der Waals surface area contributed by atoms with Gasteiger partial charge in [0.05, 0.1) is 0 Å². The average Bonchev–Trinajstić information content (AvgIpc) is 2.99. The first-order valence-electron chi connectivity index (χ1n) is 5.27. The van der Waals surface area contributed by atoms with Gasteiger partial charge in [-0.15, -0.1) is 11.6 Å². The summed E-state index contributed by atoms with van der Waals surface area (Å²) in [6.45, 7) is 0. The topological polar surface area (TPSA) is 71.1 Å². The molecule has 1 aromatic rings. The standard InChI is InChI=1S/C10H12ClN3O2S2/c1-12-6(15)5-7(18-9(13-5)17-2)14-8(16)10(11)3-4-10/h3-4H2,1-2H3,(H,12,15)(H,14,16). The zero-order valence-electron chi connectivity index (χ0n) is 9.87. The zero-order chi connectivity index (χ0) is 13.3. The number of anilines is 1. The molecular weight excluding hydrogens is 294 g/mol. The van der Waals surface area contributed by atoms with Gasteiger partial charge in [0.1, 0.15) is 9.88 Å². The molecule has 0 saturated heterocycles. The molecule has 1 heterocycles. The Morgan fingerprint density at radius 1 is 1.50 bits per heavy atom. The van der Waals surface area contributed by atoms with Gasteiger partial charge in [-0.1, -0.05) is 23.1 Å². The van der Waals surface area contributed by atoms with Gasteiger partial charge in [0.15, 0.2) is 10.0 Å². The summed E-state index contributed by atoms with van der Waals surface area (Å²) in [4.78, 5) is 26.9. The Kier molecular flexibility index (Phi) is 3.84. The fourth-order valence-corrected chi connectivity index (χ4v) is 2.89. The quantitative estimate of drug-likeness (QED) is 0.659. The number of hydrogen-bond acceptors (Lipinski definition) is 5. The molecule has 0 aromatic carbocycles. The van der Waals surface area contributed by atoms with Crippen LogP contribution in [0.3, 0.4) is 0 Å². The van der Waals surface area contributed by atoms with E-state index in [4.69, 9.17) is 11.6 Å². The van der Waals surface area contributed by atoms with Gasteiger partial charge in [0.2, 0.25) is 5.91 Å². The molecular formula is C10H12ClN3O2S2. The fraction of sp³-hybridized carbons (Fsp3) is 0.500.